The maximum Gasteiger partial charge on any atom is 0.219 e. The monoisotopic (exact) mass is 249 g/mol. The molecule has 1 nitrogen and oxygen atoms in total. The Bertz CT molecular complexity index is 366. The summed E-state index contributed by atoms with van der Waals surface area (Å²) >= 11 is 7.38. The van der Waals surface area contributed by atoms with Crippen molar-refractivity contribution in [3.8, 4) is 0 Å². The van der Waals surface area contributed by atoms with Crippen molar-refractivity contribution < 1.29 is 8.78 Å². The van der Waals surface area contributed by atoms with Gasteiger partial charge in [0.05, 0.1) is 5.02 Å². The third-order valence-electron chi connectivity index (χ3n) is 2.57. The van der Waals surface area contributed by atoms with Gasteiger partial charge in [-0.15, -0.1) is 0 Å². The van der Waals surface area contributed by atoms with Gasteiger partial charge in [0.2, 0.25) is 5.95 Å². The minimum absolute atomic E-state index is 0.00954. The first-order chi connectivity index (χ1) is 7.12. The lowest BCUT2D eigenvalue weighted by Crippen LogP contribution is -2.27. The molecule has 0 aliphatic carbocycles. The molecule has 5 heteroatoms. The van der Waals surface area contributed by atoms with Crippen LogP contribution in [-0.2, 0) is 5.67 Å². The Kier molecular flexibility index (Phi) is 3.16. The highest BCUT2D eigenvalue weighted by atomic mass is 35.5. The number of rotatable bonds is 1. The molecular weight excluding hydrogens is 240 g/mol. The summed E-state index contributed by atoms with van der Waals surface area (Å²) in [5, 5.41) is 0.279. The molecule has 0 bridgehead atoms. The highest BCUT2D eigenvalue weighted by molar-refractivity contribution is 7.99. The summed E-state index contributed by atoms with van der Waals surface area (Å²) < 4.78 is 27.8. The van der Waals surface area contributed by atoms with Gasteiger partial charge in [-0.25, -0.2) is 9.37 Å². The van der Waals surface area contributed by atoms with E-state index in [1.54, 1.807) is 11.8 Å². The average Bonchev–Trinajstić information content (AvgIpc) is 2.23. The van der Waals surface area contributed by atoms with Gasteiger partial charge in [-0.05, 0) is 30.4 Å². The van der Waals surface area contributed by atoms with Crippen LogP contribution in [0.4, 0.5) is 8.78 Å². The number of thioether (sulfide) groups is 1. The lowest BCUT2D eigenvalue weighted by Gasteiger charge is -2.29. The molecule has 2 heterocycles. The number of pyridine rings is 1. The van der Waals surface area contributed by atoms with Crippen molar-refractivity contribution in [2.75, 3.05) is 11.5 Å². The Morgan fingerprint density at radius 2 is 2.07 bits per heavy atom. The van der Waals surface area contributed by atoms with Crippen LogP contribution in [0.15, 0.2) is 12.3 Å². The maximum atomic E-state index is 14.4. The molecule has 2 rings (SSSR count). The summed E-state index contributed by atoms with van der Waals surface area (Å²) in [7, 11) is 0. The molecule has 82 valence electrons. The van der Waals surface area contributed by atoms with E-state index in [-0.39, 0.29) is 10.6 Å². The van der Waals surface area contributed by atoms with E-state index in [0.29, 0.717) is 24.3 Å². The second-order valence-electron chi connectivity index (χ2n) is 3.57. The molecule has 1 aliphatic heterocycles. The van der Waals surface area contributed by atoms with Crippen molar-refractivity contribution in [3.63, 3.8) is 0 Å². The zero-order valence-corrected chi connectivity index (χ0v) is 9.54. The molecule has 0 aromatic carbocycles. The summed E-state index contributed by atoms with van der Waals surface area (Å²) in [6.45, 7) is 0. The maximum absolute atomic E-state index is 14.4. The molecule has 15 heavy (non-hydrogen) atoms. The van der Waals surface area contributed by atoms with Gasteiger partial charge in [0.15, 0.2) is 0 Å². The van der Waals surface area contributed by atoms with Crippen molar-refractivity contribution >= 4 is 23.4 Å². The van der Waals surface area contributed by atoms with E-state index in [1.807, 2.05) is 0 Å². The predicted octanol–water partition coefficient (Wildman–Crippen LogP) is 3.57. The van der Waals surface area contributed by atoms with Gasteiger partial charge in [-0.2, -0.15) is 16.2 Å². The van der Waals surface area contributed by atoms with Crippen LogP contribution in [0.1, 0.15) is 18.4 Å². The van der Waals surface area contributed by atoms with Gasteiger partial charge in [0.25, 0.3) is 0 Å². The highest BCUT2D eigenvalue weighted by Gasteiger charge is 2.37. The lowest BCUT2D eigenvalue weighted by molar-refractivity contribution is 0.144. The van der Waals surface area contributed by atoms with Crippen LogP contribution in [0, 0.1) is 5.95 Å². The summed E-state index contributed by atoms with van der Waals surface area (Å²) in [5.74, 6) is 0.680. The molecule has 0 amide bonds. The van der Waals surface area contributed by atoms with Gasteiger partial charge < -0.3 is 0 Å². The van der Waals surface area contributed by atoms with Crippen LogP contribution in [0.25, 0.3) is 0 Å². The van der Waals surface area contributed by atoms with Gasteiger partial charge >= 0.3 is 0 Å². The fourth-order valence-electron chi connectivity index (χ4n) is 1.70. The first-order valence-electron chi connectivity index (χ1n) is 4.70. The van der Waals surface area contributed by atoms with Crippen LogP contribution in [0.5, 0.6) is 0 Å². The molecule has 1 aliphatic rings. The van der Waals surface area contributed by atoms with Gasteiger partial charge in [-0.3, -0.25) is 0 Å². The minimum atomic E-state index is -1.59. The van der Waals surface area contributed by atoms with E-state index < -0.39 is 11.6 Å². The molecule has 0 N–H and O–H groups in total. The Morgan fingerprint density at radius 1 is 1.40 bits per heavy atom. The second-order valence-corrected chi connectivity index (χ2v) is 5.23. The number of hydrogen-bond acceptors (Lipinski definition) is 2. The third-order valence-corrected chi connectivity index (χ3v) is 3.77. The SMILES string of the molecule is Fc1ncc(Cl)cc1C1(F)CCSCC1. The largest absolute Gasteiger partial charge is 0.238 e. The lowest BCUT2D eigenvalue weighted by atomic mass is 9.91. The Labute approximate surface area is 96.2 Å². The number of halogens is 3. The highest BCUT2D eigenvalue weighted by Crippen LogP contribution is 2.40. The van der Waals surface area contributed by atoms with Crippen molar-refractivity contribution in [1.29, 1.82) is 0 Å². The molecule has 0 radical (unpaired) electrons. The van der Waals surface area contributed by atoms with E-state index in [2.05, 4.69) is 4.98 Å². The van der Waals surface area contributed by atoms with E-state index in [9.17, 15) is 8.78 Å². The van der Waals surface area contributed by atoms with Crippen molar-refractivity contribution in [3.05, 3.63) is 28.8 Å². The minimum Gasteiger partial charge on any atom is -0.238 e. The predicted molar refractivity (Wildman–Crippen MR) is 58.6 cm³/mol. The van der Waals surface area contributed by atoms with Crippen LogP contribution in [-0.4, -0.2) is 16.5 Å². The molecule has 1 fully saturated rings. The summed E-state index contributed by atoms with van der Waals surface area (Å²) in [4.78, 5) is 3.45. The fourth-order valence-corrected chi connectivity index (χ4v) is 3.00. The van der Waals surface area contributed by atoms with E-state index in [0.717, 1.165) is 0 Å². The Balaban J connectivity index is 2.38. The standard InChI is InChI=1S/C10H10ClF2NS/c11-7-5-8(9(12)14-6-7)10(13)1-3-15-4-2-10/h5-6H,1-4H2. The number of hydrogen-bond donors (Lipinski definition) is 0. The number of nitrogens with zero attached hydrogens (tertiary/aromatic N) is 1. The van der Waals surface area contributed by atoms with Crippen LogP contribution >= 0.6 is 23.4 Å². The summed E-state index contributed by atoms with van der Waals surface area (Å²) in [6.07, 6.45) is 1.86. The molecule has 0 atom stereocenters. The van der Waals surface area contributed by atoms with E-state index in [4.69, 9.17) is 11.6 Å². The normalized spacial score (nSPS) is 20.2. The molecule has 1 aromatic heterocycles. The molecule has 1 aromatic rings. The van der Waals surface area contributed by atoms with E-state index in [1.165, 1.54) is 12.3 Å². The van der Waals surface area contributed by atoms with Crippen LogP contribution in [0.3, 0.4) is 0 Å². The van der Waals surface area contributed by atoms with Gasteiger partial charge in [0, 0.05) is 11.8 Å². The number of aromatic nitrogens is 1. The van der Waals surface area contributed by atoms with Gasteiger partial charge in [0.1, 0.15) is 5.67 Å². The summed E-state index contributed by atoms with van der Waals surface area (Å²) in [5.41, 5.74) is -1.58. The number of alkyl halides is 1. The quantitative estimate of drug-likeness (QED) is 0.706. The summed E-state index contributed by atoms with van der Waals surface area (Å²) in [6, 6.07) is 1.35. The molecule has 1 saturated heterocycles. The van der Waals surface area contributed by atoms with Crippen molar-refractivity contribution in [2.45, 2.75) is 18.5 Å². The molecule has 0 unspecified atom stereocenters. The first kappa shape index (κ1) is 11.1. The second kappa shape index (κ2) is 4.26. The zero-order chi connectivity index (χ0) is 10.9. The molecular formula is C10H10ClF2NS. The van der Waals surface area contributed by atoms with Crippen molar-refractivity contribution in [1.82, 2.24) is 4.98 Å². The average molecular weight is 250 g/mol. The smallest absolute Gasteiger partial charge is 0.219 e. The Morgan fingerprint density at radius 3 is 2.73 bits per heavy atom. The molecule has 0 spiro atoms. The first-order valence-corrected chi connectivity index (χ1v) is 6.23. The fraction of sp³-hybridized carbons (Fsp3) is 0.500. The van der Waals surface area contributed by atoms with E-state index >= 15 is 0 Å². The molecule has 0 saturated carbocycles. The Hall–Kier alpha value is -0.350. The third kappa shape index (κ3) is 2.26. The zero-order valence-electron chi connectivity index (χ0n) is 7.97. The van der Waals surface area contributed by atoms with Crippen LogP contribution < -0.4 is 0 Å². The van der Waals surface area contributed by atoms with Crippen LogP contribution in [0.2, 0.25) is 5.02 Å². The topological polar surface area (TPSA) is 12.9 Å². The van der Waals surface area contributed by atoms with Gasteiger partial charge in [-0.1, -0.05) is 11.6 Å². The van der Waals surface area contributed by atoms with Crippen molar-refractivity contribution in [2.24, 2.45) is 0 Å².